The number of hydrogen-bond acceptors (Lipinski definition) is 2. The maximum atomic E-state index is 8.93. The van der Waals surface area contributed by atoms with Crippen LogP contribution in [0.4, 0.5) is 0 Å². The molecule has 0 atom stereocenters. The van der Waals surface area contributed by atoms with Crippen molar-refractivity contribution in [3.05, 3.63) is 47.5 Å². The Hall–Kier alpha value is -2.06. The topological polar surface area (TPSA) is 47.6 Å². The minimum atomic E-state index is 0.647. The van der Waals surface area contributed by atoms with Crippen LogP contribution in [-0.4, -0.2) is 0 Å². The second kappa shape index (κ2) is 9.59. The summed E-state index contributed by atoms with van der Waals surface area (Å²) in [4.78, 5) is 0. The summed E-state index contributed by atoms with van der Waals surface area (Å²) in [5, 5.41) is 17.6. The summed E-state index contributed by atoms with van der Waals surface area (Å²) < 4.78 is 0. The summed E-state index contributed by atoms with van der Waals surface area (Å²) in [6.45, 7) is 0. The van der Waals surface area contributed by atoms with Crippen LogP contribution >= 0.6 is 0 Å². The summed E-state index contributed by atoms with van der Waals surface area (Å²) in [6.07, 6.45) is 17.2. The molecule has 0 aromatic heterocycles. The fourth-order valence-electron chi connectivity index (χ4n) is 4.93. The van der Waals surface area contributed by atoms with Crippen molar-refractivity contribution in [2.24, 2.45) is 17.8 Å². The lowest BCUT2D eigenvalue weighted by Crippen LogP contribution is -2.17. The fraction of sp³-hybridized carbons (Fsp3) is 0.583. The molecule has 0 amide bonds. The Bertz CT molecular complexity index is 658. The van der Waals surface area contributed by atoms with Gasteiger partial charge in [-0.3, -0.25) is 0 Å². The van der Waals surface area contributed by atoms with Crippen molar-refractivity contribution in [3.8, 4) is 12.1 Å². The van der Waals surface area contributed by atoms with Crippen molar-refractivity contribution in [1.29, 1.82) is 10.5 Å². The Morgan fingerprint density at radius 3 is 1.92 bits per heavy atom. The summed E-state index contributed by atoms with van der Waals surface area (Å²) in [6, 6.07) is 12.6. The minimum absolute atomic E-state index is 0.647. The predicted octanol–water partition coefficient (Wildman–Crippen LogP) is 6.50. The maximum absolute atomic E-state index is 8.93. The van der Waals surface area contributed by atoms with Crippen LogP contribution < -0.4 is 0 Å². The molecule has 0 spiro atoms. The van der Waals surface area contributed by atoms with Gasteiger partial charge >= 0.3 is 0 Å². The first-order valence-corrected chi connectivity index (χ1v) is 10.3. The molecule has 136 valence electrons. The van der Waals surface area contributed by atoms with E-state index in [9.17, 15) is 0 Å². The first kappa shape index (κ1) is 18.7. The summed E-state index contributed by atoms with van der Waals surface area (Å²) >= 11 is 0. The molecule has 3 rings (SSSR count). The van der Waals surface area contributed by atoms with Crippen molar-refractivity contribution in [2.75, 3.05) is 0 Å². The first-order chi connectivity index (χ1) is 12.8. The van der Waals surface area contributed by atoms with Gasteiger partial charge in [-0.1, -0.05) is 31.1 Å². The van der Waals surface area contributed by atoms with E-state index in [-0.39, 0.29) is 0 Å². The van der Waals surface area contributed by atoms with E-state index in [0.29, 0.717) is 11.8 Å². The van der Waals surface area contributed by atoms with Crippen molar-refractivity contribution >= 4 is 0 Å². The van der Waals surface area contributed by atoms with Gasteiger partial charge in [0.05, 0.1) is 17.7 Å². The number of nitrogens with zero attached hydrogens (tertiary/aromatic N) is 2. The van der Waals surface area contributed by atoms with E-state index < -0.39 is 0 Å². The van der Waals surface area contributed by atoms with E-state index in [1.807, 2.05) is 12.1 Å². The quantitative estimate of drug-likeness (QED) is 0.571. The summed E-state index contributed by atoms with van der Waals surface area (Å²) in [5.41, 5.74) is 2.19. The molecule has 0 radical (unpaired) electrons. The van der Waals surface area contributed by atoms with Gasteiger partial charge in [-0.2, -0.15) is 10.5 Å². The van der Waals surface area contributed by atoms with Crippen molar-refractivity contribution in [3.63, 3.8) is 0 Å². The highest BCUT2D eigenvalue weighted by atomic mass is 14.3. The summed E-state index contributed by atoms with van der Waals surface area (Å²) in [7, 11) is 0. The zero-order valence-electron chi connectivity index (χ0n) is 15.7. The van der Waals surface area contributed by atoms with Crippen LogP contribution in [0.25, 0.3) is 0 Å². The third kappa shape index (κ3) is 5.22. The van der Waals surface area contributed by atoms with E-state index in [1.165, 1.54) is 69.8 Å². The molecule has 2 aliphatic carbocycles. The average Bonchev–Trinajstić information content (AvgIpc) is 2.72. The third-order valence-corrected chi connectivity index (χ3v) is 6.68. The van der Waals surface area contributed by atoms with Crippen molar-refractivity contribution < 1.29 is 0 Å². The van der Waals surface area contributed by atoms with Gasteiger partial charge in [-0.15, -0.1) is 0 Å². The Morgan fingerprint density at radius 1 is 0.808 bits per heavy atom. The largest absolute Gasteiger partial charge is 0.193 e. The minimum Gasteiger partial charge on any atom is -0.193 e. The fourth-order valence-corrected chi connectivity index (χ4v) is 4.93. The molecule has 2 heteroatoms. The molecule has 0 aliphatic heterocycles. The molecular weight excluding hydrogens is 316 g/mol. The molecule has 0 unspecified atom stereocenters. The Morgan fingerprint density at radius 2 is 1.38 bits per heavy atom. The van der Waals surface area contributed by atoms with Crippen LogP contribution in [-0.2, 0) is 0 Å². The number of allylic oxidation sites excluding steroid dienone is 2. The molecule has 1 aromatic rings. The molecule has 0 bridgehead atoms. The van der Waals surface area contributed by atoms with Gasteiger partial charge in [0, 0.05) is 6.08 Å². The van der Waals surface area contributed by atoms with Crippen LogP contribution in [0.5, 0.6) is 0 Å². The number of hydrogen-bond donors (Lipinski definition) is 0. The summed E-state index contributed by atoms with van der Waals surface area (Å²) in [5.74, 6) is 3.17. The SMILES string of the molecule is N#CC=C[C@H]1CC[C@H](CC[C@H]2CC[C@H](c3ccc(C#N)cc3)CC2)CC1. The van der Waals surface area contributed by atoms with Crippen LogP contribution in [0.2, 0.25) is 0 Å². The second-order valence-electron chi connectivity index (χ2n) is 8.30. The van der Waals surface area contributed by atoms with E-state index in [1.54, 1.807) is 6.08 Å². The normalized spacial score (nSPS) is 29.2. The maximum Gasteiger partial charge on any atom is 0.0991 e. The number of nitriles is 2. The second-order valence-corrected chi connectivity index (χ2v) is 8.30. The zero-order valence-corrected chi connectivity index (χ0v) is 15.7. The lowest BCUT2D eigenvalue weighted by molar-refractivity contribution is 0.246. The van der Waals surface area contributed by atoms with Crippen molar-refractivity contribution in [1.82, 2.24) is 0 Å². The number of rotatable bonds is 5. The zero-order chi connectivity index (χ0) is 18.2. The Kier molecular flexibility index (Phi) is 6.90. The van der Waals surface area contributed by atoms with Gasteiger partial charge in [0.1, 0.15) is 0 Å². The van der Waals surface area contributed by atoms with E-state index in [0.717, 1.165) is 17.4 Å². The molecular formula is C24H30N2. The van der Waals surface area contributed by atoms with Crippen LogP contribution in [0.3, 0.4) is 0 Å². The molecule has 2 aliphatic rings. The molecule has 1 aromatic carbocycles. The highest BCUT2D eigenvalue weighted by Crippen LogP contribution is 2.39. The lowest BCUT2D eigenvalue weighted by atomic mass is 9.74. The molecule has 0 N–H and O–H groups in total. The van der Waals surface area contributed by atoms with Gasteiger partial charge in [0.2, 0.25) is 0 Å². The molecule has 26 heavy (non-hydrogen) atoms. The van der Waals surface area contributed by atoms with Crippen LogP contribution in [0.1, 0.15) is 81.3 Å². The van der Waals surface area contributed by atoms with Gasteiger partial charge in [-0.25, -0.2) is 0 Å². The third-order valence-electron chi connectivity index (χ3n) is 6.68. The van der Waals surface area contributed by atoms with Crippen molar-refractivity contribution in [2.45, 2.75) is 70.1 Å². The lowest BCUT2D eigenvalue weighted by Gasteiger charge is -2.31. The van der Waals surface area contributed by atoms with E-state index in [4.69, 9.17) is 10.5 Å². The smallest absolute Gasteiger partial charge is 0.0991 e. The molecule has 0 saturated heterocycles. The van der Waals surface area contributed by atoms with Crippen LogP contribution in [0.15, 0.2) is 36.4 Å². The number of benzene rings is 1. The highest BCUT2D eigenvalue weighted by molar-refractivity contribution is 5.33. The Balaban J connectivity index is 1.36. The molecule has 0 heterocycles. The van der Waals surface area contributed by atoms with Gasteiger partial charge in [0.15, 0.2) is 0 Å². The monoisotopic (exact) mass is 346 g/mol. The predicted molar refractivity (Wildman–Crippen MR) is 105 cm³/mol. The van der Waals surface area contributed by atoms with Gasteiger partial charge < -0.3 is 0 Å². The van der Waals surface area contributed by atoms with E-state index >= 15 is 0 Å². The van der Waals surface area contributed by atoms with Crippen LogP contribution in [0, 0.1) is 40.4 Å². The van der Waals surface area contributed by atoms with Gasteiger partial charge in [0.25, 0.3) is 0 Å². The molecule has 2 saturated carbocycles. The first-order valence-electron chi connectivity index (χ1n) is 10.3. The molecule has 2 fully saturated rings. The standard InChI is InChI=1S/C24H30N2/c25-17-1-2-19-3-5-20(6-4-19)7-8-21-9-13-23(14-10-21)24-15-11-22(18-26)12-16-24/h1-2,11-12,15-16,19-21,23H,3-10,13-14H2/t19-,20-,21-,23-. The van der Waals surface area contributed by atoms with Gasteiger partial charge in [-0.05, 0) is 92.7 Å². The highest BCUT2D eigenvalue weighted by Gasteiger charge is 2.24. The Labute approximate surface area is 158 Å². The van der Waals surface area contributed by atoms with E-state index in [2.05, 4.69) is 30.3 Å². The average molecular weight is 347 g/mol. The molecule has 2 nitrogen and oxygen atoms in total.